The largest absolute Gasteiger partial charge is 0.453 e. The number of rotatable bonds is 22. The van der Waals surface area contributed by atoms with Crippen LogP contribution >= 0.6 is 23.2 Å². The van der Waals surface area contributed by atoms with Crippen LogP contribution in [-0.2, 0) is 25.7 Å². The van der Waals surface area contributed by atoms with E-state index in [1.807, 2.05) is 0 Å². The molecule has 0 amide bonds. The second-order valence-electron chi connectivity index (χ2n) is 15.9. The van der Waals surface area contributed by atoms with Gasteiger partial charge in [0, 0.05) is 10.8 Å². The van der Waals surface area contributed by atoms with Crippen LogP contribution in [0.2, 0.25) is 10.0 Å². The number of ether oxygens (including phenoxy) is 1. The van der Waals surface area contributed by atoms with Crippen LogP contribution in [0.15, 0.2) is 72.8 Å². The molecule has 292 valence electrons. The Labute approximate surface area is 342 Å². The minimum Gasteiger partial charge on any atom is -0.453 e. The number of fused-ring (bicyclic) bond motifs is 4. The van der Waals surface area contributed by atoms with E-state index in [9.17, 15) is 0 Å². The Morgan fingerprint density at radius 2 is 0.655 bits per heavy atom. The third-order valence-corrected chi connectivity index (χ3v) is 12.5. The van der Waals surface area contributed by atoms with E-state index in [1.54, 1.807) is 0 Å². The van der Waals surface area contributed by atoms with E-state index in [0.717, 1.165) is 50.0 Å². The van der Waals surface area contributed by atoms with Crippen molar-refractivity contribution < 1.29 is 4.74 Å². The van der Waals surface area contributed by atoms with Crippen LogP contribution in [-0.4, -0.2) is 0 Å². The van der Waals surface area contributed by atoms with E-state index in [0.29, 0.717) is 10.0 Å². The molecule has 0 spiro atoms. The Morgan fingerprint density at radius 1 is 0.345 bits per heavy atom. The number of hydrogen-bond acceptors (Lipinski definition) is 1. The minimum atomic E-state index is 0.646. The zero-order valence-electron chi connectivity index (χ0n) is 34.2. The van der Waals surface area contributed by atoms with Crippen molar-refractivity contribution in [3.05, 3.63) is 105 Å². The highest BCUT2D eigenvalue weighted by Gasteiger charge is 2.24. The van der Waals surface area contributed by atoms with Crippen LogP contribution in [0.3, 0.4) is 0 Å². The molecule has 0 saturated carbocycles. The van der Waals surface area contributed by atoms with E-state index >= 15 is 0 Å². The molecule has 0 aliphatic carbocycles. The topological polar surface area (TPSA) is 9.23 Å². The average molecular weight is 776 g/mol. The smallest absolute Gasteiger partial charge is 0.154 e. The van der Waals surface area contributed by atoms with Gasteiger partial charge in [-0.25, -0.2) is 0 Å². The van der Waals surface area contributed by atoms with Gasteiger partial charge in [0.25, 0.3) is 0 Å². The molecule has 0 N–H and O–H groups in total. The fourth-order valence-corrected chi connectivity index (χ4v) is 9.46. The standard InChI is InChI=1S/C52H64Cl2O/c1-5-9-13-17-25-41-37-27-21-23-29-39(37)43(31-19-15-11-7-3)49-45(41)33-35-47(53)51(49)55-52-48(54)36-34-46-42(26-18-14-10-6-2)38-28-22-24-30-40(38)44(50(46)52)32-20-16-12-8-4/h21-24,27-30,33-36H,5-20,25-26,31-32H2,1-4H3. The first-order chi connectivity index (χ1) is 27.0. The fraction of sp³-hybridized carbons (Fsp3) is 0.462. The molecule has 0 aliphatic rings. The maximum atomic E-state index is 7.43. The fourth-order valence-electron chi connectivity index (χ4n) is 9.07. The molecule has 0 aromatic heterocycles. The molecular formula is C52H64Cl2O. The molecular weight excluding hydrogens is 711 g/mol. The lowest BCUT2D eigenvalue weighted by Crippen LogP contribution is -2.02. The Kier molecular flexibility index (Phi) is 15.6. The lowest BCUT2D eigenvalue weighted by molar-refractivity contribution is 0.493. The Hall–Kier alpha value is -3.26. The van der Waals surface area contributed by atoms with Gasteiger partial charge in [-0.05, 0) is 118 Å². The van der Waals surface area contributed by atoms with Crippen LogP contribution in [0.1, 0.15) is 153 Å². The summed E-state index contributed by atoms with van der Waals surface area (Å²) < 4.78 is 7.43. The molecule has 55 heavy (non-hydrogen) atoms. The number of aryl methyl sites for hydroxylation is 4. The molecule has 0 aliphatic heterocycles. The van der Waals surface area contributed by atoms with E-state index in [1.165, 1.54) is 155 Å². The molecule has 1 nitrogen and oxygen atoms in total. The SMILES string of the molecule is CCCCCCc1c2ccccc2c(CCCCCC)c2c(Oc3c(Cl)ccc4c(CCCCCC)c5ccccc5c(CCCCCC)c34)c(Cl)ccc12. The van der Waals surface area contributed by atoms with Crippen molar-refractivity contribution in [2.45, 2.75) is 156 Å². The van der Waals surface area contributed by atoms with Crippen molar-refractivity contribution >= 4 is 66.3 Å². The van der Waals surface area contributed by atoms with Crippen molar-refractivity contribution in [3.8, 4) is 11.5 Å². The van der Waals surface area contributed by atoms with Gasteiger partial charge in [-0.15, -0.1) is 0 Å². The molecule has 6 aromatic carbocycles. The number of halogens is 2. The van der Waals surface area contributed by atoms with Gasteiger partial charge in [0.1, 0.15) is 0 Å². The lowest BCUT2D eigenvalue weighted by Gasteiger charge is -2.23. The molecule has 6 aromatic rings. The summed E-state index contributed by atoms with van der Waals surface area (Å²) in [5, 5.41) is 11.6. The quantitative estimate of drug-likeness (QED) is 0.0493. The normalized spacial score (nSPS) is 11.8. The highest BCUT2D eigenvalue weighted by Crippen LogP contribution is 2.49. The van der Waals surface area contributed by atoms with Crippen LogP contribution in [0, 0.1) is 0 Å². The molecule has 0 atom stereocenters. The summed E-state index contributed by atoms with van der Waals surface area (Å²) >= 11 is 14.8. The average Bonchev–Trinajstić information content (AvgIpc) is 3.20. The summed E-state index contributed by atoms with van der Waals surface area (Å²) in [7, 11) is 0. The molecule has 0 unspecified atom stereocenters. The number of benzene rings is 6. The second kappa shape index (κ2) is 20.8. The third-order valence-electron chi connectivity index (χ3n) is 12.0. The first-order valence-electron chi connectivity index (χ1n) is 22.0. The predicted molar refractivity (Wildman–Crippen MR) is 244 cm³/mol. The molecule has 0 fully saturated rings. The van der Waals surface area contributed by atoms with Gasteiger partial charge in [0.2, 0.25) is 0 Å². The van der Waals surface area contributed by atoms with Gasteiger partial charge in [-0.1, -0.05) is 189 Å². The van der Waals surface area contributed by atoms with Crippen molar-refractivity contribution in [2.24, 2.45) is 0 Å². The summed E-state index contributed by atoms with van der Waals surface area (Å²) in [6, 6.07) is 26.9. The first-order valence-corrected chi connectivity index (χ1v) is 22.8. The summed E-state index contributed by atoms with van der Waals surface area (Å²) in [5.74, 6) is 1.52. The maximum Gasteiger partial charge on any atom is 0.154 e. The lowest BCUT2D eigenvalue weighted by atomic mass is 9.86. The van der Waals surface area contributed by atoms with E-state index in [-0.39, 0.29) is 0 Å². The predicted octanol–water partition coefficient (Wildman–Crippen LogP) is 17.9. The summed E-state index contributed by atoms with van der Waals surface area (Å²) in [6.45, 7) is 9.15. The monoisotopic (exact) mass is 774 g/mol. The zero-order valence-corrected chi connectivity index (χ0v) is 35.7. The van der Waals surface area contributed by atoms with Crippen molar-refractivity contribution in [3.63, 3.8) is 0 Å². The molecule has 0 heterocycles. The Balaban J connectivity index is 1.62. The summed E-state index contributed by atoms with van der Waals surface area (Å²) in [6.07, 6.45) is 23.5. The summed E-state index contributed by atoms with van der Waals surface area (Å²) in [4.78, 5) is 0. The number of unbranched alkanes of at least 4 members (excludes halogenated alkanes) is 12. The molecule has 0 saturated heterocycles. The van der Waals surface area contributed by atoms with Crippen LogP contribution in [0.4, 0.5) is 0 Å². The van der Waals surface area contributed by atoms with Gasteiger partial charge < -0.3 is 4.74 Å². The van der Waals surface area contributed by atoms with E-state index < -0.39 is 0 Å². The second-order valence-corrected chi connectivity index (χ2v) is 16.8. The molecule has 0 radical (unpaired) electrons. The first kappa shape index (κ1) is 41.4. The van der Waals surface area contributed by atoms with Crippen LogP contribution in [0.25, 0.3) is 43.1 Å². The minimum absolute atomic E-state index is 0.646. The molecule has 0 bridgehead atoms. The van der Waals surface area contributed by atoms with Crippen molar-refractivity contribution in [2.75, 3.05) is 0 Å². The molecule has 6 rings (SSSR count). The maximum absolute atomic E-state index is 7.43. The van der Waals surface area contributed by atoms with E-state index in [2.05, 4.69) is 100 Å². The van der Waals surface area contributed by atoms with Crippen molar-refractivity contribution in [1.82, 2.24) is 0 Å². The highest BCUT2D eigenvalue weighted by atomic mass is 35.5. The Bertz CT molecular complexity index is 2020. The zero-order chi connectivity index (χ0) is 38.6. The molecule has 3 heteroatoms. The Morgan fingerprint density at radius 3 is 0.982 bits per heavy atom. The van der Waals surface area contributed by atoms with Gasteiger partial charge in [-0.3, -0.25) is 0 Å². The van der Waals surface area contributed by atoms with Crippen molar-refractivity contribution in [1.29, 1.82) is 0 Å². The number of hydrogen-bond donors (Lipinski definition) is 0. The van der Waals surface area contributed by atoms with E-state index in [4.69, 9.17) is 27.9 Å². The summed E-state index contributed by atoms with van der Waals surface area (Å²) in [5.41, 5.74) is 5.55. The van der Waals surface area contributed by atoms with Gasteiger partial charge in [-0.2, -0.15) is 0 Å². The third kappa shape index (κ3) is 9.48. The van der Waals surface area contributed by atoms with Gasteiger partial charge in [0.15, 0.2) is 11.5 Å². The highest BCUT2D eigenvalue weighted by molar-refractivity contribution is 6.35. The van der Waals surface area contributed by atoms with Gasteiger partial charge >= 0.3 is 0 Å². The van der Waals surface area contributed by atoms with Crippen LogP contribution in [0.5, 0.6) is 11.5 Å². The van der Waals surface area contributed by atoms with Gasteiger partial charge in [0.05, 0.1) is 10.0 Å². The van der Waals surface area contributed by atoms with Crippen LogP contribution < -0.4 is 4.74 Å².